The van der Waals surface area contributed by atoms with E-state index in [1.807, 2.05) is 0 Å². The highest BCUT2D eigenvalue weighted by molar-refractivity contribution is 7.94. The zero-order chi connectivity index (χ0) is 13.3. The van der Waals surface area contributed by atoms with Gasteiger partial charge in [0.15, 0.2) is 9.84 Å². The van der Waals surface area contributed by atoms with E-state index in [2.05, 4.69) is 5.32 Å². The lowest BCUT2D eigenvalue weighted by atomic mass is 10.1. The molecule has 0 saturated heterocycles. The Morgan fingerprint density at radius 2 is 2.17 bits per heavy atom. The summed E-state index contributed by atoms with van der Waals surface area (Å²) < 4.78 is 36.0. The van der Waals surface area contributed by atoms with Gasteiger partial charge in [-0.2, -0.15) is 0 Å². The van der Waals surface area contributed by atoms with Gasteiger partial charge in [0, 0.05) is 5.41 Å². The zero-order valence-electron chi connectivity index (χ0n) is 9.68. The van der Waals surface area contributed by atoms with Crippen molar-refractivity contribution in [2.75, 3.05) is 5.75 Å². The summed E-state index contributed by atoms with van der Waals surface area (Å²) in [5.41, 5.74) is 0.296. The minimum absolute atomic E-state index is 0.0762. The molecular formula is C12H12FNO3S. The van der Waals surface area contributed by atoms with E-state index in [1.165, 1.54) is 12.1 Å². The lowest BCUT2D eigenvalue weighted by molar-refractivity contribution is 0.0943. The standard InChI is InChI=1S/C12H12FNO3S/c1-8-3-2-4-10(11(8)13)12(15)14-9-5-6-18(16,17)7-9/h2-6,9H,7H2,1H3,(H,14,15). The molecule has 0 spiro atoms. The number of hydrogen-bond donors (Lipinski definition) is 1. The normalized spacial score (nSPS) is 20.9. The Morgan fingerprint density at radius 1 is 1.44 bits per heavy atom. The molecule has 1 heterocycles. The number of rotatable bonds is 2. The fraction of sp³-hybridized carbons (Fsp3) is 0.250. The van der Waals surface area contributed by atoms with E-state index in [-0.39, 0.29) is 11.3 Å². The Hall–Kier alpha value is -1.69. The highest BCUT2D eigenvalue weighted by atomic mass is 32.2. The van der Waals surface area contributed by atoms with Crippen LogP contribution in [0.25, 0.3) is 0 Å². The number of hydrogen-bond acceptors (Lipinski definition) is 3. The minimum atomic E-state index is -3.23. The van der Waals surface area contributed by atoms with Gasteiger partial charge in [0.2, 0.25) is 0 Å². The summed E-state index contributed by atoms with van der Waals surface area (Å²) in [6, 6.07) is 3.91. The van der Waals surface area contributed by atoms with Crippen LogP contribution in [0.5, 0.6) is 0 Å². The summed E-state index contributed by atoms with van der Waals surface area (Å²) in [6.45, 7) is 1.56. The van der Waals surface area contributed by atoms with Crippen LogP contribution < -0.4 is 5.32 Å². The van der Waals surface area contributed by atoms with Gasteiger partial charge >= 0.3 is 0 Å². The van der Waals surface area contributed by atoms with Crippen LogP contribution in [0.15, 0.2) is 29.7 Å². The number of carbonyl (C=O) groups excluding carboxylic acids is 1. The molecule has 0 aromatic heterocycles. The van der Waals surface area contributed by atoms with Crippen molar-refractivity contribution < 1.29 is 17.6 Å². The van der Waals surface area contributed by atoms with Crippen LogP contribution in [0.4, 0.5) is 4.39 Å². The maximum absolute atomic E-state index is 13.7. The van der Waals surface area contributed by atoms with Gasteiger partial charge in [0.25, 0.3) is 5.91 Å². The number of halogens is 1. The number of nitrogens with one attached hydrogen (secondary N) is 1. The molecule has 18 heavy (non-hydrogen) atoms. The first-order chi connectivity index (χ1) is 8.39. The third-order valence-electron chi connectivity index (χ3n) is 2.68. The first kappa shape index (κ1) is 12.8. The SMILES string of the molecule is Cc1cccc(C(=O)NC2C=CS(=O)(=O)C2)c1F. The molecule has 0 saturated carbocycles. The molecule has 1 aromatic carbocycles. The van der Waals surface area contributed by atoms with Gasteiger partial charge in [-0.15, -0.1) is 0 Å². The Labute approximate surface area is 104 Å². The van der Waals surface area contributed by atoms with Crippen molar-refractivity contribution >= 4 is 15.7 Å². The average Bonchev–Trinajstić information content (AvgIpc) is 2.62. The van der Waals surface area contributed by atoms with Gasteiger partial charge in [-0.1, -0.05) is 12.1 Å². The summed E-state index contributed by atoms with van der Waals surface area (Å²) in [5.74, 6) is -1.37. The second kappa shape index (κ2) is 4.53. The summed E-state index contributed by atoms with van der Waals surface area (Å²) in [4.78, 5) is 11.8. The van der Waals surface area contributed by atoms with Crippen LogP contribution in [0.2, 0.25) is 0 Å². The number of sulfone groups is 1. The Kier molecular flexibility index (Phi) is 3.21. The molecule has 1 aliphatic heterocycles. The molecule has 1 atom stereocenters. The quantitative estimate of drug-likeness (QED) is 0.876. The van der Waals surface area contributed by atoms with Crippen LogP contribution in [0.3, 0.4) is 0 Å². The van der Waals surface area contributed by atoms with Crippen LogP contribution in [0.1, 0.15) is 15.9 Å². The van der Waals surface area contributed by atoms with Gasteiger partial charge in [-0.05, 0) is 24.6 Å². The Bertz CT molecular complexity index is 622. The lowest BCUT2D eigenvalue weighted by Gasteiger charge is -2.11. The van der Waals surface area contributed by atoms with Crippen molar-refractivity contribution in [3.63, 3.8) is 0 Å². The first-order valence-electron chi connectivity index (χ1n) is 5.36. The number of carbonyl (C=O) groups is 1. The number of amides is 1. The van der Waals surface area contributed by atoms with E-state index in [0.29, 0.717) is 5.56 Å². The maximum atomic E-state index is 13.7. The fourth-order valence-corrected chi connectivity index (χ4v) is 2.97. The average molecular weight is 269 g/mol. The van der Waals surface area contributed by atoms with E-state index >= 15 is 0 Å². The van der Waals surface area contributed by atoms with Crippen LogP contribution >= 0.6 is 0 Å². The fourth-order valence-electron chi connectivity index (χ4n) is 1.73. The highest BCUT2D eigenvalue weighted by Gasteiger charge is 2.24. The molecule has 1 unspecified atom stereocenters. The van der Waals surface area contributed by atoms with Crippen molar-refractivity contribution in [1.29, 1.82) is 0 Å². The summed E-state index contributed by atoms with van der Waals surface area (Å²) in [6.07, 6.45) is 1.39. The maximum Gasteiger partial charge on any atom is 0.254 e. The van der Waals surface area contributed by atoms with Gasteiger partial charge in [-0.3, -0.25) is 4.79 Å². The van der Waals surface area contributed by atoms with Crippen LogP contribution in [-0.2, 0) is 9.84 Å². The lowest BCUT2D eigenvalue weighted by Crippen LogP contribution is -2.36. The monoisotopic (exact) mass is 269 g/mol. The largest absolute Gasteiger partial charge is 0.345 e. The van der Waals surface area contributed by atoms with Crippen molar-refractivity contribution in [1.82, 2.24) is 5.32 Å². The summed E-state index contributed by atoms with van der Waals surface area (Å²) in [7, 11) is -3.23. The second-order valence-electron chi connectivity index (χ2n) is 4.17. The van der Waals surface area contributed by atoms with Gasteiger partial charge in [-0.25, -0.2) is 12.8 Å². The summed E-state index contributed by atoms with van der Waals surface area (Å²) >= 11 is 0. The van der Waals surface area contributed by atoms with Crippen LogP contribution in [-0.4, -0.2) is 26.1 Å². The Balaban J connectivity index is 2.14. The molecular weight excluding hydrogens is 257 g/mol. The van der Waals surface area contributed by atoms with Crippen molar-refractivity contribution in [2.45, 2.75) is 13.0 Å². The van der Waals surface area contributed by atoms with Gasteiger partial charge in [0.05, 0.1) is 17.4 Å². The molecule has 1 aliphatic rings. The summed E-state index contributed by atoms with van der Waals surface area (Å²) in [5, 5.41) is 3.53. The molecule has 0 aliphatic carbocycles. The van der Waals surface area contributed by atoms with E-state index in [0.717, 1.165) is 5.41 Å². The molecule has 1 N–H and O–H groups in total. The Morgan fingerprint density at radius 3 is 2.78 bits per heavy atom. The smallest absolute Gasteiger partial charge is 0.254 e. The second-order valence-corrected chi connectivity index (χ2v) is 6.11. The van der Waals surface area contributed by atoms with E-state index in [4.69, 9.17) is 0 Å². The van der Waals surface area contributed by atoms with E-state index < -0.39 is 27.6 Å². The molecule has 96 valence electrons. The van der Waals surface area contributed by atoms with Crippen molar-refractivity contribution in [3.05, 3.63) is 46.6 Å². The van der Waals surface area contributed by atoms with Crippen molar-refractivity contribution in [2.24, 2.45) is 0 Å². The molecule has 2 rings (SSSR count). The minimum Gasteiger partial charge on any atom is -0.345 e. The number of benzene rings is 1. The molecule has 4 nitrogen and oxygen atoms in total. The molecule has 0 bridgehead atoms. The van der Waals surface area contributed by atoms with E-state index in [1.54, 1.807) is 19.1 Å². The molecule has 0 fully saturated rings. The third-order valence-corrected chi connectivity index (χ3v) is 4.08. The predicted molar refractivity (Wildman–Crippen MR) is 65.3 cm³/mol. The molecule has 1 amide bonds. The van der Waals surface area contributed by atoms with Crippen molar-refractivity contribution in [3.8, 4) is 0 Å². The van der Waals surface area contributed by atoms with Gasteiger partial charge < -0.3 is 5.32 Å². The first-order valence-corrected chi connectivity index (χ1v) is 7.07. The van der Waals surface area contributed by atoms with Gasteiger partial charge in [0.1, 0.15) is 5.82 Å². The molecule has 1 aromatic rings. The zero-order valence-corrected chi connectivity index (χ0v) is 10.5. The highest BCUT2D eigenvalue weighted by Crippen LogP contribution is 2.13. The topological polar surface area (TPSA) is 63.2 Å². The molecule has 0 radical (unpaired) electrons. The third kappa shape index (κ3) is 2.59. The van der Waals surface area contributed by atoms with Crippen LogP contribution in [0, 0.1) is 12.7 Å². The van der Waals surface area contributed by atoms with E-state index in [9.17, 15) is 17.6 Å². The molecule has 6 heteroatoms. The predicted octanol–water partition coefficient (Wildman–Crippen LogP) is 1.17. The number of aryl methyl sites for hydroxylation is 1.